The topological polar surface area (TPSA) is 29.0 Å². The van der Waals surface area contributed by atoms with E-state index in [4.69, 9.17) is 0 Å². The van der Waals surface area contributed by atoms with Crippen LogP contribution in [0.15, 0.2) is 11.4 Å². The van der Waals surface area contributed by atoms with Gasteiger partial charge in [-0.15, -0.1) is 0 Å². The van der Waals surface area contributed by atoms with Gasteiger partial charge in [0.1, 0.15) is 11.4 Å². The zero-order valence-corrected chi connectivity index (χ0v) is 10.8. The van der Waals surface area contributed by atoms with Crippen molar-refractivity contribution < 1.29 is 13.2 Å². The van der Waals surface area contributed by atoms with E-state index in [-0.39, 0.29) is 5.82 Å². The van der Waals surface area contributed by atoms with Gasteiger partial charge in [-0.1, -0.05) is 11.8 Å². The molecule has 1 aromatic heterocycles. The summed E-state index contributed by atoms with van der Waals surface area (Å²) in [6.07, 6.45) is 1.14. The lowest BCUT2D eigenvalue weighted by molar-refractivity contribution is -0.137. The number of piperidine rings is 1. The molecule has 3 nitrogen and oxygen atoms in total. The van der Waals surface area contributed by atoms with Gasteiger partial charge in [-0.2, -0.15) is 13.2 Å². The first-order valence-corrected chi connectivity index (χ1v) is 6.98. The molecule has 7 heteroatoms. The summed E-state index contributed by atoms with van der Waals surface area (Å²) in [7, 11) is 0. The summed E-state index contributed by atoms with van der Waals surface area (Å²) in [5, 5.41) is 0.378. The lowest BCUT2D eigenvalue weighted by atomic mass is 10.1. The Kier molecular flexibility index (Phi) is 3.99. The molecule has 0 amide bonds. The van der Waals surface area contributed by atoms with Crippen LogP contribution in [0.25, 0.3) is 0 Å². The summed E-state index contributed by atoms with van der Waals surface area (Å²) in [4.78, 5) is 9.48. The van der Waals surface area contributed by atoms with Gasteiger partial charge in [-0.25, -0.2) is 9.97 Å². The second-order valence-corrected chi connectivity index (χ2v) is 4.91. The summed E-state index contributed by atoms with van der Waals surface area (Å²) >= 11 is 1.25. The number of hydrogen-bond donors (Lipinski definition) is 0. The minimum atomic E-state index is -4.40. The average Bonchev–Trinajstić information content (AvgIpc) is 2.38. The van der Waals surface area contributed by atoms with Gasteiger partial charge >= 0.3 is 6.18 Å². The third-order valence-electron chi connectivity index (χ3n) is 2.89. The van der Waals surface area contributed by atoms with Crippen LogP contribution in [0, 0.1) is 0 Å². The van der Waals surface area contributed by atoms with Crippen LogP contribution in [0.1, 0.15) is 24.8 Å². The van der Waals surface area contributed by atoms with Gasteiger partial charge in [0.2, 0.25) is 0 Å². The highest BCUT2D eigenvalue weighted by Crippen LogP contribution is 2.36. The van der Waals surface area contributed by atoms with Crippen molar-refractivity contribution in [2.45, 2.75) is 30.6 Å². The monoisotopic (exact) mass is 277 g/mol. The van der Waals surface area contributed by atoms with E-state index in [9.17, 15) is 13.2 Å². The normalized spacial score (nSPS) is 17.0. The van der Waals surface area contributed by atoms with Gasteiger partial charge in [0, 0.05) is 19.3 Å². The Morgan fingerprint density at radius 1 is 1.22 bits per heavy atom. The average molecular weight is 277 g/mol. The minimum absolute atomic E-state index is 0.0292. The summed E-state index contributed by atoms with van der Waals surface area (Å²) in [5.41, 5.74) is -0.734. The Morgan fingerprint density at radius 2 is 1.89 bits per heavy atom. The molecule has 0 aliphatic carbocycles. The highest BCUT2D eigenvalue weighted by molar-refractivity contribution is 7.98. The van der Waals surface area contributed by atoms with Crippen LogP contribution in [0.2, 0.25) is 0 Å². The number of nitrogens with zero attached hydrogens (tertiary/aromatic N) is 3. The van der Waals surface area contributed by atoms with E-state index < -0.39 is 11.7 Å². The Bertz CT molecular complexity index is 416. The van der Waals surface area contributed by atoms with E-state index in [1.54, 1.807) is 11.2 Å². The van der Waals surface area contributed by atoms with Crippen molar-refractivity contribution in [1.29, 1.82) is 0 Å². The fourth-order valence-corrected chi connectivity index (χ4v) is 2.34. The van der Waals surface area contributed by atoms with E-state index in [1.165, 1.54) is 11.8 Å². The van der Waals surface area contributed by atoms with Crippen molar-refractivity contribution in [3.05, 3.63) is 11.8 Å². The predicted molar refractivity (Wildman–Crippen MR) is 64.9 cm³/mol. The molecule has 0 atom stereocenters. The third-order valence-corrected chi connectivity index (χ3v) is 3.45. The number of halogens is 3. The number of rotatable bonds is 2. The second-order valence-electron chi connectivity index (χ2n) is 4.14. The maximum absolute atomic E-state index is 12.9. The SMILES string of the molecule is CSc1ncc(C(F)(F)F)c(N2CCCCC2)n1. The molecule has 0 saturated carbocycles. The molecule has 100 valence electrons. The first kappa shape index (κ1) is 13.5. The Balaban J connectivity index is 2.40. The zero-order chi connectivity index (χ0) is 13.2. The molecule has 1 fully saturated rings. The van der Waals surface area contributed by atoms with Gasteiger partial charge < -0.3 is 4.90 Å². The highest BCUT2D eigenvalue weighted by Gasteiger charge is 2.37. The molecule has 1 aliphatic heterocycles. The lowest BCUT2D eigenvalue weighted by Crippen LogP contribution is -2.32. The number of anilines is 1. The first-order chi connectivity index (χ1) is 8.52. The van der Waals surface area contributed by atoms with Crippen molar-refractivity contribution in [1.82, 2.24) is 9.97 Å². The van der Waals surface area contributed by atoms with Gasteiger partial charge in [0.05, 0.1) is 0 Å². The molecule has 0 bridgehead atoms. The van der Waals surface area contributed by atoms with E-state index in [2.05, 4.69) is 9.97 Å². The molecule has 2 rings (SSSR count). The molecule has 0 spiro atoms. The summed E-state index contributed by atoms with van der Waals surface area (Å²) in [6.45, 7) is 1.27. The van der Waals surface area contributed by atoms with E-state index in [0.29, 0.717) is 18.2 Å². The summed E-state index contributed by atoms with van der Waals surface area (Å²) < 4.78 is 38.8. The van der Waals surface area contributed by atoms with Crippen LogP contribution in [0.4, 0.5) is 19.0 Å². The largest absolute Gasteiger partial charge is 0.421 e. The molecular formula is C11H14F3N3S. The Hall–Kier alpha value is -0.980. The van der Waals surface area contributed by atoms with Crippen molar-refractivity contribution >= 4 is 17.6 Å². The molecule has 0 radical (unpaired) electrons. The summed E-state index contributed by atoms with van der Waals surface area (Å²) in [6, 6.07) is 0. The van der Waals surface area contributed by atoms with Gasteiger partial charge in [-0.05, 0) is 25.5 Å². The maximum Gasteiger partial charge on any atom is 0.421 e. The number of hydrogen-bond acceptors (Lipinski definition) is 4. The van der Waals surface area contributed by atoms with Crippen LogP contribution in [-0.4, -0.2) is 29.3 Å². The molecule has 2 heterocycles. The molecule has 1 aliphatic rings. The predicted octanol–water partition coefficient (Wildman–Crippen LogP) is 3.21. The lowest BCUT2D eigenvalue weighted by Gasteiger charge is -2.29. The minimum Gasteiger partial charge on any atom is -0.356 e. The molecule has 0 aromatic carbocycles. The smallest absolute Gasteiger partial charge is 0.356 e. The molecule has 0 N–H and O–H groups in total. The summed E-state index contributed by atoms with van der Waals surface area (Å²) in [5.74, 6) is 0.0292. The number of alkyl halides is 3. The van der Waals surface area contributed by atoms with Crippen molar-refractivity contribution in [3.8, 4) is 0 Å². The van der Waals surface area contributed by atoms with Gasteiger partial charge in [0.15, 0.2) is 5.16 Å². The standard InChI is InChI=1S/C11H14F3N3S/c1-18-10-15-7-8(11(12,13)14)9(16-10)17-5-3-2-4-6-17/h7H,2-6H2,1H3. The van der Waals surface area contributed by atoms with Crippen molar-refractivity contribution in [3.63, 3.8) is 0 Å². The molecule has 18 heavy (non-hydrogen) atoms. The van der Waals surface area contributed by atoms with E-state index >= 15 is 0 Å². The van der Waals surface area contributed by atoms with Gasteiger partial charge in [0.25, 0.3) is 0 Å². The molecule has 0 unspecified atom stereocenters. The van der Waals surface area contributed by atoms with E-state index in [1.807, 2.05) is 0 Å². The zero-order valence-electron chi connectivity index (χ0n) is 10.00. The molecular weight excluding hydrogens is 263 g/mol. The van der Waals surface area contributed by atoms with E-state index in [0.717, 1.165) is 25.5 Å². The van der Waals surface area contributed by atoms with Gasteiger partial charge in [-0.3, -0.25) is 0 Å². The highest BCUT2D eigenvalue weighted by atomic mass is 32.2. The van der Waals surface area contributed by atoms with Crippen LogP contribution in [0.3, 0.4) is 0 Å². The van der Waals surface area contributed by atoms with Crippen LogP contribution in [0.5, 0.6) is 0 Å². The quantitative estimate of drug-likeness (QED) is 0.613. The fraction of sp³-hybridized carbons (Fsp3) is 0.636. The number of aromatic nitrogens is 2. The van der Waals surface area contributed by atoms with Crippen LogP contribution >= 0.6 is 11.8 Å². The Morgan fingerprint density at radius 3 is 2.44 bits per heavy atom. The van der Waals surface area contributed by atoms with Crippen LogP contribution in [-0.2, 0) is 6.18 Å². The fourth-order valence-electron chi connectivity index (χ4n) is 2.00. The van der Waals surface area contributed by atoms with Crippen LogP contribution < -0.4 is 4.90 Å². The van der Waals surface area contributed by atoms with Crippen molar-refractivity contribution in [2.75, 3.05) is 24.2 Å². The third kappa shape index (κ3) is 2.88. The second kappa shape index (κ2) is 5.34. The first-order valence-electron chi connectivity index (χ1n) is 5.75. The molecule has 1 saturated heterocycles. The van der Waals surface area contributed by atoms with Crippen molar-refractivity contribution in [2.24, 2.45) is 0 Å². The number of thioether (sulfide) groups is 1. The Labute approximate surface area is 108 Å². The maximum atomic E-state index is 12.9. The molecule has 1 aromatic rings.